The van der Waals surface area contributed by atoms with Crippen LogP contribution in [0, 0.1) is 0 Å². The molecule has 0 heterocycles. The highest BCUT2D eigenvalue weighted by atomic mass is 19.1. The summed E-state index contributed by atoms with van der Waals surface area (Å²) in [6.45, 7) is 11.1. The average molecular weight is 151 g/mol. The SMILES string of the molecule is CC.CC.CCNCCF. The van der Waals surface area contributed by atoms with Crippen molar-refractivity contribution in [3.63, 3.8) is 0 Å². The zero-order valence-corrected chi connectivity index (χ0v) is 8.00. The van der Waals surface area contributed by atoms with Crippen LogP contribution in [-0.4, -0.2) is 19.8 Å². The lowest BCUT2D eigenvalue weighted by atomic mass is 10.6. The number of halogens is 1. The van der Waals surface area contributed by atoms with E-state index in [9.17, 15) is 4.39 Å². The van der Waals surface area contributed by atoms with Gasteiger partial charge in [0.1, 0.15) is 6.67 Å². The molecule has 0 atom stereocenters. The van der Waals surface area contributed by atoms with E-state index >= 15 is 0 Å². The smallest absolute Gasteiger partial charge is 0.102 e. The van der Waals surface area contributed by atoms with Crippen LogP contribution in [0.1, 0.15) is 34.6 Å². The van der Waals surface area contributed by atoms with Crippen molar-refractivity contribution in [3.8, 4) is 0 Å². The number of alkyl halides is 1. The van der Waals surface area contributed by atoms with Crippen molar-refractivity contribution >= 4 is 0 Å². The van der Waals surface area contributed by atoms with E-state index in [4.69, 9.17) is 0 Å². The molecule has 66 valence electrons. The van der Waals surface area contributed by atoms with Crippen LogP contribution in [0.4, 0.5) is 4.39 Å². The molecule has 0 fully saturated rings. The van der Waals surface area contributed by atoms with Crippen LogP contribution in [-0.2, 0) is 0 Å². The fourth-order valence-corrected chi connectivity index (χ4v) is 0.244. The number of rotatable bonds is 3. The van der Waals surface area contributed by atoms with E-state index < -0.39 is 0 Å². The first kappa shape index (κ1) is 16.5. The molecule has 0 aliphatic carbocycles. The summed E-state index contributed by atoms with van der Waals surface area (Å²) in [7, 11) is 0. The Labute approximate surface area is 65.0 Å². The van der Waals surface area contributed by atoms with Gasteiger partial charge < -0.3 is 5.32 Å². The van der Waals surface area contributed by atoms with Gasteiger partial charge in [0.15, 0.2) is 0 Å². The summed E-state index contributed by atoms with van der Waals surface area (Å²) in [6.07, 6.45) is 0. The summed E-state index contributed by atoms with van der Waals surface area (Å²) in [5, 5.41) is 2.82. The summed E-state index contributed by atoms with van der Waals surface area (Å²) in [5.74, 6) is 0. The Bertz CT molecular complexity index is 21.2. The quantitative estimate of drug-likeness (QED) is 0.611. The van der Waals surface area contributed by atoms with Gasteiger partial charge in [0.25, 0.3) is 0 Å². The third-order valence-corrected chi connectivity index (χ3v) is 0.521. The maximum absolute atomic E-state index is 11.1. The fraction of sp³-hybridized carbons (Fsp3) is 1.00. The predicted molar refractivity (Wildman–Crippen MR) is 47.2 cm³/mol. The van der Waals surface area contributed by atoms with Crippen molar-refractivity contribution < 1.29 is 4.39 Å². The number of hydrogen-bond acceptors (Lipinski definition) is 1. The second-order valence-electron chi connectivity index (χ2n) is 1.04. The maximum atomic E-state index is 11.1. The Morgan fingerprint density at radius 2 is 1.50 bits per heavy atom. The molecule has 0 spiro atoms. The minimum atomic E-state index is -0.256. The van der Waals surface area contributed by atoms with E-state index in [0.29, 0.717) is 6.54 Å². The van der Waals surface area contributed by atoms with Gasteiger partial charge in [-0.2, -0.15) is 0 Å². The number of hydrogen-bond donors (Lipinski definition) is 1. The van der Waals surface area contributed by atoms with Crippen molar-refractivity contribution in [2.45, 2.75) is 34.6 Å². The molecule has 1 N–H and O–H groups in total. The van der Waals surface area contributed by atoms with Crippen molar-refractivity contribution in [1.29, 1.82) is 0 Å². The molecule has 0 radical (unpaired) electrons. The van der Waals surface area contributed by atoms with Gasteiger partial charge in [-0.25, -0.2) is 4.39 Å². The topological polar surface area (TPSA) is 12.0 Å². The Hall–Kier alpha value is -0.110. The maximum Gasteiger partial charge on any atom is 0.102 e. The molecule has 0 aromatic heterocycles. The molecule has 2 heteroatoms. The van der Waals surface area contributed by atoms with Crippen LogP contribution < -0.4 is 5.32 Å². The van der Waals surface area contributed by atoms with E-state index in [1.165, 1.54) is 0 Å². The number of nitrogens with one attached hydrogen (secondary N) is 1. The largest absolute Gasteiger partial charge is 0.314 e. The lowest BCUT2D eigenvalue weighted by molar-refractivity contribution is 0.472. The molecule has 0 unspecified atom stereocenters. The lowest BCUT2D eigenvalue weighted by Gasteiger charge is -1.89. The lowest BCUT2D eigenvalue weighted by Crippen LogP contribution is -2.14. The molecule has 0 saturated heterocycles. The van der Waals surface area contributed by atoms with Gasteiger partial charge in [0.2, 0.25) is 0 Å². The molecule has 0 rings (SSSR count). The van der Waals surface area contributed by atoms with Crippen LogP contribution in [0.5, 0.6) is 0 Å². The van der Waals surface area contributed by atoms with Gasteiger partial charge in [-0.1, -0.05) is 34.6 Å². The van der Waals surface area contributed by atoms with E-state index in [-0.39, 0.29) is 6.67 Å². The third-order valence-electron chi connectivity index (χ3n) is 0.521. The molecule has 0 aromatic carbocycles. The molecule has 0 aromatic rings. The molecular formula is C8H22FN. The zero-order chi connectivity index (χ0) is 8.83. The summed E-state index contributed by atoms with van der Waals surface area (Å²) in [6, 6.07) is 0. The minimum Gasteiger partial charge on any atom is -0.314 e. The minimum absolute atomic E-state index is 0.256. The van der Waals surface area contributed by atoms with E-state index in [1.54, 1.807) is 0 Å². The zero-order valence-electron chi connectivity index (χ0n) is 8.00. The van der Waals surface area contributed by atoms with Crippen LogP contribution >= 0.6 is 0 Å². The molecule has 0 amide bonds. The van der Waals surface area contributed by atoms with Crippen LogP contribution in [0.3, 0.4) is 0 Å². The molecule has 0 aliphatic heterocycles. The molecule has 0 saturated carbocycles. The van der Waals surface area contributed by atoms with E-state index in [0.717, 1.165) is 6.54 Å². The van der Waals surface area contributed by atoms with Gasteiger partial charge in [-0.15, -0.1) is 0 Å². The van der Waals surface area contributed by atoms with Gasteiger partial charge in [0.05, 0.1) is 0 Å². The molecular weight excluding hydrogens is 129 g/mol. The normalized spacial score (nSPS) is 6.60. The summed E-state index contributed by atoms with van der Waals surface area (Å²) in [5.41, 5.74) is 0. The van der Waals surface area contributed by atoms with Gasteiger partial charge in [-0.05, 0) is 6.54 Å². The summed E-state index contributed by atoms with van der Waals surface area (Å²) >= 11 is 0. The highest BCUT2D eigenvalue weighted by Gasteiger charge is 1.74. The Morgan fingerprint density at radius 1 is 1.10 bits per heavy atom. The third kappa shape index (κ3) is 44.8. The summed E-state index contributed by atoms with van der Waals surface area (Å²) in [4.78, 5) is 0. The van der Waals surface area contributed by atoms with Crippen molar-refractivity contribution in [2.75, 3.05) is 19.8 Å². The Balaban J connectivity index is -0.000000105. The highest BCUT2D eigenvalue weighted by molar-refractivity contribution is 4.35. The average Bonchev–Trinajstić information content (AvgIpc) is 2.08. The molecule has 0 aliphatic rings. The van der Waals surface area contributed by atoms with Crippen molar-refractivity contribution in [1.82, 2.24) is 5.32 Å². The standard InChI is InChI=1S/C4H10FN.2C2H6/c1-2-6-4-3-5;2*1-2/h6H,2-4H2,1H3;2*1-2H3. The monoisotopic (exact) mass is 151 g/mol. The van der Waals surface area contributed by atoms with Gasteiger partial charge in [-0.3, -0.25) is 0 Å². The van der Waals surface area contributed by atoms with Crippen LogP contribution in [0.25, 0.3) is 0 Å². The van der Waals surface area contributed by atoms with Crippen LogP contribution in [0.15, 0.2) is 0 Å². The second kappa shape index (κ2) is 36.6. The van der Waals surface area contributed by atoms with Gasteiger partial charge >= 0.3 is 0 Å². The first-order valence-corrected chi connectivity index (χ1v) is 4.18. The first-order valence-electron chi connectivity index (χ1n) is 4.18. The predicted octanol–water partition coefficient (Wildman–Crippen LogP) is 2.62. The Morgan fingerprint density at radius 3 is 1.60 bits per heavy atom. The molecule has 1 nitrogen and oxygen atoms in total. The van der Waals surface area contributed by atoms with E-state index in [2.05, 4.69) is 5.32 Å². The summed E-state index contributed by atoms with van der Waals surface area (Å²) < 4.78 is 11.1. The fourth-order valence-electron chi connectivity index (χ4n) is 0.244. The highest BCUT2D eigenvalue weighted by Crippen LogP contribution is 1.59. The van der Waals surface area contributed by atoms with Crippen molar-refractivity contribution in [3.05, 3.63) is 0 Å². The Kier molecular flexibility index (Phi) is 60.2. The van der Waals surface area contributed by atoms with Crippen molar-refractivity contribution in [2.24, 2.45) is 0 Å². The first-order chi connectivity index (χ1) is 4.91. The molecule has 0 bridgehead atoms. The van der Waals surface area contributed by atoms with Crippen LogP contribution in [0.2, 0.25) is 0 Å². The second-order valence-corrected chi connectivity index (χ2v) is 1.04. The van der Waals surface area contributed by atoms with Gasteiger partial charge in [0, 0.05) is 6.54 Å². The van der Waals surface area contributed by atoms with E-state index in [1.807, 2.05) is 34.6 Å². The molecule has 10 heavy (non-hydrogen) atoms.